The molecule has 2 fully saturated rings. The van der Waals surface area contributed by atoms with Gasteiger partial charge in [-0.15, -0.1) is 0 Å². The van der Waals surface area contributed by atoms with Gasteiger partial charge < -0.3 is 9.80 Å². The molecular weight excluding hydrogens is 210 g/mol. The maximum atomic E-state index is 11.3. The van der Waals surface area contributed by atoms with Gasteiger partial charge in [0.15, 0.2) is 0 Å². The first-order valence-electron chi connectivity index (χ1n) is 5.48. The van der Waals surface area contributed by atoms with Crippen LogP contribution in [-0.4, -0.2) is 53.8 Å². The number of rotatable bonds is 4. The molecule has 0 aromatic carbocycles. The van der Waals surface area contributed by atoms with Crippen LogP contribution in [0.5, 0.6) is 0 Å². The standard InChI is InChI=1S/C10H14N3O3/c14-8-7-13(10(16)11-8)6-2-5-12-4-1-3-9(12)15/h1-7H2. The Morgan fingerprint density at radius 2 is 1.88 bits per heavy atom. The molecule has 0 aromatic heterocycles. The van der Waals surface area contributed by atoms with Gasteiger partial charge in [-0.3, -0.25) is 9.59 Å². The average Bonchev–Trinajstić information content (AvgIpc) is 2.75. The van der Waals surface area contributed by atoms with Crippen molar-refractivity contribution in [1.82, 2.24) is 15.1 Å². The van der Waals surface area contributed by atoms with Crippen LogP contribution in [0.4, 0.5) is 4.79 Å². The molecule has 0 aliphatic carbocycles. The highest BCUT2D eigenvalue weighted by Crippen LogP contribution is 2.10. The van der Waals surface area contributed by atoms with Gasteiger partial charge >= 0.3 is 6.03 Å². The van der Waals surface area contributed by atoms with Gasteiger partial charge in [-0.2, -0.15) is 5.32 Å². The van der Waals surface area contributed by atoms with E-state index < -0.39 is 6.03 Å². The Kier molecular flexibility index (Phi) is 3.07. The lowest BCUT2D eigenvalue weighted by Crippen LogP contribution is -2.31. The summed E-state index contributed by atoms with van der Waals surface area (Å²) in [6.07, 6.45) is 2.27. The van der Waals surface area contributed by atoms with Crippen molar-refractivity contribution < 1.29 is 14.4 Å². The molecule has 2 saturated heterocycles. The number of likely N-dealkylation sites (tertiary alicyclic amines) is 1. The van der Waals surface area contributed by atoms with Crippen molar-refractivity contribution in [3.63, 3.8) is 0 Å². The number of nitrogens with zero attached hydrogens (tertiary/aromatic N) is 3. The summed E-state index contributed by atoms with van der Waals surface area (Å²) in [6, 6.07) is -0.447. The van der Waals surface area contributed by atoms with E-state index in [9.17, 15) is 14.4 Å². The second-order valence-corrected chi connectivity index (χ2v) is 4.05. The topological polar surface area (TPSA) is 71.8 Å². The second-order valence-electron chi connectivity index (χ2n) is 4.05. The van der Waals surface area contributed by atoms with Crippen LogP contribution in [-0.2, 0) is 9.59 Å². The summed E-state index contributed by atoms with van der Waals surface area (Å²) in [7, 11) is 0. The highest BCUT2D eigenvalue weighted by atomic mass is 16.2. The molecule has 2 aliphatic heterocycles. The molecule has 0 spiro atoms. The molecule has 0 saturated carbocycles. The zero-order chi connectivity index (χ0) is 11.5. The fourth-order valence-corrected chi connectivity index (χ4v) is 2.01. The number of hydrogen-bond acceptors (Lipinski definition) is 3. The zero-order valence-corrected chi connectivity index (χ0v) is 9.02. The fourth-order valence-electron chi connectivity index (χ4n) is 2.01. The predicted molar refractivity (Wildman–Crippen MR) is 54.5 cm³/mol. The molecule has 1 radical (unpaired) electrons. The number of hydrogen-bond donors (Lipinski definition) is 0. The highest BCUT2D eigenvalue weighted by molar-refractivity contribution is 6.01. The molecule has 0 atom stereocenters. The predicted octanol–water partition coefficient (Wildman–Crippen LogP) is -0.435. The third-order valence-electron chi connectivity index (χ3n) is 2.84. The lowest BCUT2D eigenvalue weighted by Gasteiger charge is -2.17. The Hall–Kier alpha value is -1.59. The normalized spacial score (nSPS) is 20.9. The maximum Gasteiger partial charge on any atom is 0.347 e. The van der Waals surface area contributed by atoms with E-state index in [2.05, 4.69) is 5.32 Å². The Morgan fingerprint density at radius 1 is 1.12 bits per heavy atom. The minimum Gasteiger partial charge on any atom is -0.343 e. The highest BCUT2D eigenvalue weighted by Gasteiger charge is 2.28. The maximum absolute atomic E-state index is 11.3. The molecule has 4 amide bonds. The van der Waals surface area contributed by atoms with E-state index >= 15 is 0 Å². The molecule has 2 aliphatic rings. The number of urea groups is 1. The minimum absolute atomic E-state index is 0.0901. The van der Waals surface area contributed by atoms with Crippen molar-refractivity contribution in [3.05, 3.63) is 0 Å². The molecule has 6 nitrogen and oxygen atoms in total. The summed E-state index contributed by atoms with van der Waals surface area (Å²) in [4.78, 5) is 36.5. The second kappa shape index (κ2) is 4.51. The van der Waals surface area contributed by atoms with Crippen LogP contribution in [0, 0.1) is 0 Å². The summed E-state index contributed by atoms with van der Waals surface area (Å²) in [5, 5.41) is 3.30. The molecule has 0 bridgehead atoms. The zero-order valence-electron chi connectivity index (χ0n) is 9.02. The molecule has 87 valence electrons. The van der Waals surface area contributed by atoms with E-state index in [0.717, 1.165) is 13.0 Å². The van der Waals surface area contributed by atoms with Crippen LogP contribution in [0.2, 0.25) is 0 Å². The van der Waals surface area contributed by atoms with Crippen molar-refractivity contribution in [2.45, 2.75) is 19.3 Å². The number of imide groups is 1. The molecule has 0 aromatic rings. The quantitative estimate of drug-likeness (QED) is 0.608. The van der Waals surface area contributed by atoms with Gasteiger partial charge in [0.1, 0.15) is 6.54 Å². The van der Waals surface area contributed by atoms with E-state index in [0.29, 0.717) is 25.9 Å². The van der Waals surface area contributed by atoms with Gasteiger partial charge in [0.05, 0.1) is 0 Å². The van der Waals surface area contributed by atoms with Crippen molar-refractivity contribution in [2.75, 3.05) is 26.2 Å². The van der Waals surface area contributed by atoms with Crippen LogP contribution in [0.1, 0.15) is 19.3 Å². The fraction of sp³-hybridized carbons (Fsp3) is 0.700. The van der Waals surface area contributed by atoms with Crippen molar-refractivity contribution in [1.29, 1.82) is 0 Å². The van der Waals surface area contributed by atoms with E-state index in [-0.39, 0.29) is 18.4 Å². The van der Waals surface area contributed by atoms with Crippen molar-refractivity contribution >= 4 is 17.8 Å². The number of amides is 4. The minimum atomic E-state index is -0.447. The first-order valence-corrected chi connectivity index (χ1v) is 5.48. The Balaban J connectivity index is 1.70. The summed E-state index contributed by atoms with van der Waals surface area (Å²) < 4.78 is 0. The first kappa shape index (κ1) is 10.9. The van der Waals surface area contributed by atoms with Crippen LogP contribution >= 0.6 is 0 Å². The van der Waals surface area contributed by atoms with E-state index in [1.165, 1.54) is 4.90 Å². The van der Waals surface area contributed by atoms with Gasteiger partial charge in [-0.25, -0.2) is 4.79 Å². The first-order chi connectivity index (χ1) is 7.66. The SMILES string of the molecule is O=C1CN(CCCN2CCCC2=O)C(=O)[N]1. The summed E-state index contributed by atoms with van der Waals surface area (Å²) in [5.41, 5.74) is 0. The van der Waals surface area contributed by atoms with Crippen LogP contribution in [0.25, 0.3) is 0 Å². The third kappa shape index (κ3) is 2.32. The summed E-state index contributed by atoms with van der Waals surface area (Å²) in [5.74, 6) is -0.184. The molecule has 16 heavy (non-hydrogen) atoms. The molecule has 6 heteroatoms. The average molecular weight is 224 g/mol. The molecule has 0 unspecified atom stereocenters. The lowest BCUT2D eigenvalue weighted by atomic mass is 10.3. The largest absolute Gasteiger partial charge is 0.347 e. The number of carbonyl (C=O) groups is 3. The van der Waals surface area contributed by atoms with Gasteiger partial charge in [0, 0.05) is 26.1 Å². The van der Waals surface area contributed by atoms with E-state index in [4.69, 9.17) is 0 Å². The van der Waals surface area contributed by atoms with Crippen LogP contribution < -0.4 is 5.32 Å². The molecule has 2 rings (SSSR count). The van der Waals surface area contributed by atoms with Crippen molar-refractivity contribution in [3.8, 4) is 0 Å². The van der Waals surface area contributed by atoms with Crippen molar-refractivity contribution in [2.24, 2.45) is 0 Å². The number of carbonyl (C=O) groups excluding carboxylic acids is 3. The third-order valence-corrected chi connectivity index (χ3v) is 2.84. The Bertz CT molecular complexity index is 329. The molecule has 2 heterocycles. The summed E-state index contributed by atoms with van der Waals surface area (Å²) in [6.45, 7) is 2.07. The van der Waals surface area contributed by atoms with Gasteiger partial charge in [0.25, 0.3) is 5.91 Å². The van der Waals surface area contributed by atoms with Gasteiger partial charge in [-0.05, 0) is 12.8 Å². The lowest BCUT2D eigenvalue weighted by molar-refractivity contribution is -0.127. The Morgan fingerprint density at radius 3 is 2.44 bits per heavy atom. The molecular formula is C10H14N3O3. The Labute approximate surface area is 93.6 Å². The monoisotopic (exact) mass is 224 g/mol. The van der Waals surface area contributed by atoms with E-state index in [1.807, 2.05) is 0 Å². The molecule has 0 N–H and O–H groups in total. The van der Waals surface area contributed by atoms with Gasteiger partial charge in [0.2, 0.25) is 5.91 Å². The summed E-state index contributed by atoms with van der Waals surface area (Å²) >= 11 is 0. The van der Waals surface area contributed by atoms with E-state index in [1.54, 1.807) is 4.90 Å². The van der Waals surface area contributed by atoms with Crippen LogP contribution in [0.3, 0.4) is 0 Å². The van der Waals surface area contributed by atoms with Crippen LogP contribution in [0.15, 0.2) is 0 Å². The van der Waals surface area contributed by atoms with Gasteiger partial charge in [-0.1, -0.05) is 0 Å². The smallest absolute Gasteiger partial charge is 0.343 e.